The van der Waals surface area contributed by atoms with Gasteiger partial charge in [-0.3, -0.25) is 4.79 Å². The highest BCUT2D eigenvalue weighted by atomic mass is 79.9. The van der Waals surface area contributed by atoms with Crippen LogP contribution in [-0.2, 0) is 4.79 Å². The molecule has 0 bridgehead atoms. The first-order chi connectivity index (χ1) is 8.74. The predicted molar refractivity (Wildman–Crippen MR) is 71.6 cm³/mol. The minimum absolute atomic E-state index is 0.145. The number of alkyl halides is 1. The van der Waals surface area contributed by atoms with Gasteiger partial charge in [0.2, 0.25) is 5.91 Å². The zero-order valence-corrected chi connectivity index (χ0v) is 11.1. The Kier molecular flexibility index (Phi) is 2.91. The first kappa shape index (κ1) is 11.5. The van der Waals surface area contributed by atoms with E-state index in [2.05, 4.69) is 20.9 Å². The maximum atomic E-state index is 11.8. The van der Waals surface area contributed by atoms with Crippen LogP contribution in [0.3, 0.4) is 0 Å². The van der Waals surface area contributed by atoms with Crippen LogP contribution in [0.2, 0.25) is 0 Å². The number of carbonyl (C=O) groups excluding carboxylic acids is 1. The smallest absolute Gasteiger partial charge is 0.228 e. The van der Waals surface area contributed by atoms with Gasteiger partial charge in [0.25, 0.3) is 0 Å². The number of halogens is 1. The van der Waals surface area contributed by atoms with Gasteiger partial charge in [-0.15, -0.1) is 0 Å². The van der Waals surface area contributed by atoms with Gasteiger partial charge >= 0.3 is 0 Å². The lowest BCUT2D eigenvalue weighted by molar-refractivity contribution is -0.117. The SMILES string of the molecule is O=C1CC(Br)CN1c1cccc(-c2cnco2)c1. The fourth-order valence-electron chi connectivity index (χ4n) is 2.10. The molecule has 3 rings (SSSR count). The fourth-order valence-corrected chi connectivity index (χ4v) is 2.67. The van der Waals surface area contributed by atoms with Crippen LogP contribution < -0.4 is 4.90 Å². The molecule has 92 valence electrons. The summed E-state index contributed by atoms with van der Waals surface area (Å²) in [5.74, 6) is 0.852. The molecule has 5 heteroatoms. The summed E-state index contributed by atoms with van der Waals surface area (Å²) in [6.45, 7) is 0.707. The third kappa shape index (κ3) is 2.06. The molecule has 0 radical (unpaired) electrons. The first-order valence-corrected chi connectivity index (χ1v) is 6.59. The molecule has 0 aliphatic carbocycles. The molecule has 1 atom stereocenters. The average molecular weight is 307 g/mol. The molecular weight excluding hydrogens is 296 g/mol. The van der Waals surface area contributed by atoms with Crippen LogP contribution in [0.15, 0.2) is 41.3 Å². The average Bonchev–Trinajstić information content (AvgIpc) is 2.99. The van der Waals surface area contributed by atoms with Crippen molar-refractivity contribution in [3.05, 3.63) is 36.9 Å². The minimum atomic E-state index is 0.145. The highest BCUT2D eigenvalue weighted by Gasteiger charge is 2.28. The van der Waals surface area contributed by atoms with Crippen LogP contribution in [0.25, 0.3) is 11.3 Å². The van der Waals surface area contributed by atoms with E-state index in [0.717, 1.165) is 11.3 Å². The molecule has 0 saturated carbocycles. The molecule has 0 N–H and O–H groups in total. The van der Waals surface area contributed by atoms with E-state index in [9.17, 15) is 4.79 Å². The summed E-state index contributed by atoms with van der Waals surface area (Å²) in [5, 5.41) is 0. The number of benzene rings is 1. The molecule has 1 fully saturated rings. The summed E-state index contributed by atoms with van der Waals surface area (Å²) < 4.78 is 5.26. The lowest BCUT2D eigenvalue weighted by Gasteiger charge is -2.16. The number of nitrogens with zero attached hydrogens (tertiary/aromatic N) is 2. The molecule has 1 aromatic heterocycles. The maximum Gasteiger partial charge on any atom is 0.228 e. The topological polar surface area (TPSA) is 46.3 Å². The molecule has 18 heavy (non-hydrogen) atoms. The lowest BCUT2D eigenvalue weighted by Crippen LogP contribution is -2.24. The van der Waals surface area contributed by atoms with Crippen LogP contribution in [0.4, 0.5) is 5.69 Å². The molecule has 1 aliphatic heterocycles. The molecule has 1 amide bonds. The van der Waals surface area contributed by atoms with Gasteiger partial charge in [0, 0.05) is 29.0 Å². The van der Waals surface area contributed by atoms with Crippen molar-refractivity contribution in [1.29, 1.82) is 0 Å². The third-order valence-corrected chi connectivity index (χ3v) is 3.57. The first-order valence-electron chi connectivity index (χ1n) is 5.67. The molecule has 1 aromatic carbocycles. The highest BCUT2D eigenvalue weighted by molar-refractivity contribution is 9.09. The van der Waals surface area contributed by atoms with E-state index in [1.54, 1.807) is 11.1 Å². The van der Waals surface area contributed by atoms with E-state index in [0.29, 0.717) is 18.7 Å². The number of hydrogen-bond acceptors (Lipinski definition) is 3. The Bertz CT molecular complexity index is 568. The normalized spacial score (nSPS) is 19.5. The van der Waals surface area contributed by atoms with Crippen molar-refractivity contribution in [1.82, 2.24) is 4.98 Å². The number of aromatic nitrogens is 1. The zero-order chi connectivity index (χ0) is 12.5. The second kappa shape index (κ2) is 4.57. The number of rotatable bonds is 2. The van der Waals surface area contributed by atoms with Crippen molar-refractivity contribution >= 4 is 27.5 Å². The Morgan fingerprint density at radius 2 is 2.33 bits per heavy atom. The Hall–Kier alpha value is -1.62. The van der Waals surface area contributed by atoms with E-state index < -0.39 is 0 Å². The largest absolute Gasteiger partial charge is 0.444 e. The van der Waals surface area contributed by atoms with Crippen LogP contribution in [0.5, 0.6) is 0 Å². The number of anilines is 1. The monoisotopic (exact) mass is 306 g/mol. The van der Waals surface area contributed by atoms with Crippen LogP contribution >= 0.6 is 15.9 Å². The zero-order valence-electron chi connectivity index (χ0n) is 9.54. The van der Waals surface area contributed by atoms with Gasteiger partial charge in [0.1, 0.15) is 0 Å². The van der Waals surface area contributed by atoms with Crippen molar-refractivity contribution in [3.63, 3.8) is 0 Å². The summed E-state index contributed by atoms with van der Waals surface area (Å²) >= 11 is 3.48. The Morgan fingerprint density at radius 1 is 1.44 bits per heavy atom. The molecule has 1 unspecified atom stereocenters. The Morgan fingerprint density at radius 3 is 3.00 bits per heavy atom. The van der Waals surface area contributed by atoms with Crippen molar-refractivity contribution in [2.75, 3.05) is 11.4 Å². The second-order valence-corrected chi connectivity index (χ2v) is 5.52. The fraction of sp³-hybridized carbons (Fsp3) is 0.231. The lowest BCUT2D eigenvalue weighted by atomic mass is 10.1. The second-order valence-electron chi connectivity index (χ2n) is 4.22. The highest BCUT2D eigenvalue weighted by Crippen LogP contribution is 2.29. The summed E-state index contributed by atoms with van der Waals surface area (Å²) in [5.41, 5.74) is 1.83. The van der Waals surface area contributed by atoms with E-state index in [-0.39, 0.29) is 10.7 Å². The minimum Gasteiger partial charge on any atom is -0.444 e. The third-order valence-electron chi connectivity index (χ3n) is 2.95. The van der Waals surface area contributed by atoms with E-state index in [4.69, 9.17) is 4.42 Å². The van der Waals surface area contributed by atoms with Crippen molar-refractivity contribution in [2.24, 2.45) is 0 Å². The van der Waals surface area contributed by atoms with Gasteiger partial charge in [-0.1, -0.05) is 28.1 Å². The Balaban J connectivity index is 1.94. The summed E-state index contributed by atoms with van der Waals surface area (Å²) in [7, 11) is 0. The maximum absolute atomic E-state index is 11.8. The van der Waals surface area contributed by atoms with Gasteiger partial charge in [0.15, 0.2) is 12.2 Å². The quantitative estimate of drug-likeness (QED) is 0.802. The van der Waals surface area contributed by atoms with Crippen LogP contribution in [-0.4, -0.2) is 22.3 Å². The van der Waals surface area contributed by atoms with Crippen molar-refractivity contribution in [3.8, 4) is 11.3 Å². The van der Waals surface area contributed by atoms with Gasteiger partial charge in [-0.25, -0.2) is 4.98 Å². The molecule has 2 heterocycles. The van der Waals surface area contributed by atoms with Crippen molar-refractivity contribution in [2.45, 2.75) is 11.2 Å². The summed E-state index contributed by atoms with van der Waals surface area (Å²) in [6, 6.07) is 7.74. The molecule has 1 saturated heterocycles. The molecule has 4 nitrogen and oxygen atoms in total. The molecule has 1 aliphatic rings. The molecular formula is C13H11BrN2O2. The van der Waals surface area contributed by atoms with Crippen LogP contribution in [0, 0.1) is 0 Å². The number of carbonyl (C=O) groups is 1. The van der Waals surface area contributed by atoms with E-state index >= 15 is 0 Å². The Labute approximate surface area is 113 Å². The van der Waals surface area contributed by atoms with Gasteiger partial charge in [0.05, 0.1) is 6.20 Å². The molecule has 2 aromatic rings. The summed E-state index contributed by atoms with van der Waals surface area (Å²) in [6.07, 6.45) is 3.61. The number of oxazole rings is 1. The number of amides is 1. The van der Waals surface area contributed by atoms with Crippen molar-refractivity contribution < 1.29 is 9.21 Å². The van der Waals surface area contributed by atoms with Gasteiger partial charge in [-0.05, 0) is 12.1 Å². The standard InChI is InChI=1S/C13H11BrN2O2/c14-10-5-13(17)16(7-10)11-3-1-2-9(4-11)12-6-15-8-18-12/h1-4,6,8,10H,5,7H2. The van der Waals surface area contributed by atoms with Gasteiger partial charge < -0.3 is 9.32 Å². The predicted octanol–water partition coefficient (Wildman–Crippen LogP) is 2.84. The van der Waals surface area contributed by atoms with E-state index in [1.165, 1.54) is 6.39 Å². The molecule has 0 spiro atoms. The van der Waals surface area contributed by atoms with Gasteiger partial charge in [-0.2, -0.15) is 0 Å². The number of hydrogen-bond donors (Lipinski definition) is 0. The summed E-state index contributed by atoms with van der Waals surface area (Å²) in [4.78, 5) is 17.8. The van der Waals surface area contributed by atoms with E-state index in [1.807, 2.05) is 24.3 Å². The van der Waals surface area contributed by atoms with Crippen LogP contribution in [0.1, 0.15) is 6.42 Å².